The number of rotatable bonds is 5. The minimum Gasteiger partial charge on any atom is -0.479 e. The maximum atomic E-state index is 13.1. The average molecular weight is 347 g/mol. The summed E-state index contributed by atoms with van der Waals surface area (Å²) in [6.07, 6.45) is -7.06. The molecule has 1 unspecified atom stereocenters. The number of alkyl halides is 3. The lowest BCUT2D eigenvalue weighted by Crippen LogP contribution is -2.37. The number of nitrogens with zero attached hydrogens (tertiary/aromatic N) is 1. The van der Waals surface area contributed by atoms with Crippen molar-refractivity contribution in [3.63, 3.8) is 0 Å². The van der Waals surface area contributed by atoms with Gasteiger partial charge >= 0.3 is 6.18 Å². The van der Waals surface area contributed by atoms with Crippen molar-refractivity contribution in [2.24, 2.45) is 0 Å². The highest BCUT2D eigenvalue weighted by Gasteiger charge is 2.41. The lowest BCUT2D eigenvalue weighted by Gasteiger charge is -2.22. The van der Waals surface area contributed by atoms with Crippen LogP contribution < -0.4 is 10.1 Å². The quantitative estimate of drug-likeness (QED) is 0.827. The van der Waals surface area contributed by atoms with Gasteiger partial charge in [0.05, 0.1) is 10.6 Å². The van der Waals surface area contributed by atoms with E-state index < -0.39 is 28.9 Å². The summed E-state index contributed by atoms with van der Waals surface area (Å²) in [5.74, 6) is -1.29. The van der Waals surface area contributed by atoms with Crippen LogP contribution in [-0.4, -0.2) is 25.9 Å². The Morgan fingerprint density at radius 1 is 1.43 bits per heavy atom. The molecule has 0 fully saturated rings. The highest BCUT2D eigenvalue weighted by atomic mass is 35.5. The summed E-state index contributed by atoms with van der Waals surface area (Å²) in [5, 5.41) is 11.0. The Balaban J connectivity index is 0.00000400. The van der Waals surface area contributed by atoms with Gasteiger partial charge in [-0.05, 0) is 19.7 Å². The Bertz CT molecular complexity index is 517. The average Bonchev–Trinajstić information content (AvgIpc) is 2.36. The predicted octanol–water partition coefficient (Wildman–Crippen LogP) is 3.69. The second-order valence-electron chi connectivity index (χ2n) is 3.91. The first-order chi connectivity index (χ1) is 9.29. The Morgan fingerprint density at radius 3 is 2.52 bits per heavy atom. The van der Waals surface area contributed by atoms with Crippen LogP contribution in [0.3, 0.4) is 0 Å². The molecule has 1 N–H and O–H groups in total. The molecule has 0 aromatic heterocycles. The number of halogens is 6. The van der Waals surface area contributed by atoms with Crippen LogP contribution in [-0.2, 0) is 0 Å². The molecule has 0 radical (unpaired) electrons. The third-order valence-corrected chi connectivity index (χ3v) is 2.72. The third-order valence-electron chi connectivity index (χ3n) is 2.43. The van der Waals surface area contributed by atoms with Gasteiger partial charge in [0.1, 0.15) is 17.6 Å². The van der Waals surface area contributed by atoms with Crippen LogP contribution in [0.25, 0.3) is 0 Å². The zero-order valence-electron chi connectivity index (χ0n) is 10.8. The Kier molecular flexibility index (Phi) is 7.79. The monoisotopic (exact) mass is 346 g/mol. The lowest BCUT2D eigenvalue weighted by molar-refractivity contribution is -0.196. The molecule has 9 heteroatoms. The largest absolute Gasteiger partial charge is 0.479 e. The molecule has 0 saturated heterocycles. The Morgan fingerprint density at radius 2 is 2.05 bits per heavy atom. The van der Waals surface area contributed by atoms with E-state index in [9.17, 15) is 17.6 Å². The lowest BCUT2D eigenvalue weighted by atomic mass is 10.2. The topological polar surface area (TPSA) is 45.0 Å². The summed E-state index contributed by atoms with van der Waals surface area (Å²) in [6.45, 7) is 0.0704. The molecule has 0 aliphatic carbocycles. The molecule has 0 amide bonds. The third kappa shape index (κ3) is 5.58. The molecule has 0 spiro atoms. The number of ether oxygens (including phenoxy) is 1. The highest BCUT2D eigenvalue weighted by Crippen LogP contribution is 2.31. The molecule has 21 heavy (non-hydrogen) atoms. The molecule has 0 aliphatic rings. The van der Waals surface area contributed by atoms with Gasteiger partial charge in [0, 0.05) is 12.5 Å². The number of benzene rings is 1. The minimum absolute atomic E-state index is 0. The van der Waals surface area contributed by atoms with E-state index in [0.29, 0.717) is 0 Å². The SMILES string of the molecule is CNCCC(Oc1cc(Cl)c(F)cc1C#N)C(F)(F)F.Cl. The van der Waals surface area contributed by atoms with Crippen molar-refractivity contribution in [2.45, 2.75) is 18.7 Å². The molecule has 0 aliphatic heterocycles. The van der Waals surface area contributed by atoms with Crippen LogP contribution >= 0.6 is 24.0 Å². The molecule has 0 saturated carbocycles. The van der Waals surface area contributed by atoms with Gasteiger partial charge in [0.15, 0.2) is 6.10 Å². The van der Waals surface area contributed by atoms with Gasteiger partial charge in [-0.1, -0.05) is 11.6 Å². The van der Waals surface area contributed by atoms with E-state index in [4.69, 9.17) is 21.6 Å². The van der Waals surface area contributed by atoms with Gasteiger partial charge in [-0.2, -0.15) is 18.4 Å². The summed E-state index contributed by atoms with van der Waals surface area (Å²) in [4.78, 5) is 0. The van der Waals surface area contributed by atoms with Gasteiger partial charge < -0.3 is 10.1 Å². The fraction of sp³-hybridized carbons (Fsp3) is 0.417. The van der Waals surface area contributed by atoms with Crippen molar-refractivity contribution in [3.8, 4) is 11.8 Å². The fourth-order valence-electron chi connectivity index (χ4n) is 1.43. The molecular weight excluding hydrogens is 335 g/mol. The zero-order valence-corrected chi connectivity index (χ0v) is 12.4. The standard InChI is InChI=1S/C12H11ClF4N2O.ClH/c1-19-3-2-11(12(15,16)17)20-10-5-8(13)9(14)4-7(10)6-18;/h4-5,11,19H,2-3H2,1H3;1H. The minimum atomic E-state index is -4.61. The second kappa shape index (κ2) is 8.27. The van der Waals surface area contributed by atoms with Gasteiger partial charge in [0.25, 0.3) is 0 Å². The highest BCUT2D eigenvalue weighted by molar-refractivity contribution is 6.30. The zero-order chi connectivity index (χ0) is 15.3. The van der Waals surface area contributed by atoms with Gasteiger partial charge in [-0.15, -0.1) is 12.4 Å². The van der Waals surface area contributed by atoms with Crippen molar-refractivity contribution in [2.75, 3.05) is 13.6 Å². The Hall–Kier alpha value is -1.23. The van der Waals surface area contributed by atoms with Crippen LogP contribution in [0.5, 0.6) is 5.75 Å². The first-order valence-electron chi connectivity index (χ1n) is 5.56. The van der Waals surface area contributed by atoms with E-state index in [2.05, 4.69) is 5.32 Å². The van der Waals surface area contributed by atoms with E-state index in [0.717, 1.165) is 12.1 Å². The van der Waals surface area contributed by atoms with Crippen molar-refractivity contribution in [1.29, 1.82) is 5.26 Å². The molecule has 1 aromatic carbocycles. The number of nitrogens with one attached hydrogen (secondary N) is 1. The summed E-state index contributed by atoms with van der Waals surface area (Å²) < 4.78 is 56.4. The fourth-order valence-corrected chi connectivity index (χ4v) is 1.59. The second-order valence-corrected chi connectivity index (χ2v) is 4.32. The summed E-state index contributed by atoms with van der Waals surface area (Å²) in [5.41, 5.74) is -0.342. The van der Waals surface area contributed by atoms with Crippen LogP contribution in [0.15, 0.2) is 12.1 Å². The van der Waals surface area contributed by atoms with Crippen LogP contribution in [0.1, 0.15) is 12.0 Å². The van der Waals surface area contributed by atoms with Gasteiger partial charge in [-0.25, -0.2) is 4.39 Å². The summed E-state index contributed by atoms with van der Waals surface area (Å²) >= 11 is 5.49. The first-order valence-corrected chi connectivity index (χ1v) is 5.94. The molecule has 0 bridgehead atoms. The van der Waals surface area contributed by atoms with E-state index in [1.807, 2.05) is 0 Å². The van der Waals surface area contributed by atoms with Crippen LogP contribution in [0.4, 0.5) is 17.6 Å². The molecule has 1 atom stereocenters. The van der Waals surface area contributed by atoms with E-state index in [1.165, 1.54) is 7.05 Å². The van der Waals surface area contributed by atoms with Crippen LogP contribution in [0.2, 0.25) is 5.02 Å². The van der Waals surface area contributed by atoms with E-state index in [-0.39, 0.29) is 30.9 Å². The van der Waals surface area contributed by atoms with E-state index in [1.54, 1.807) is 6.07 Å². The molecule has 3 nitrogen and oxygen atoms in total. The molecule has 1 rings (SSSR count). The summed E-state index contributed by atoms with van der Waals surface area (Å²) in [7, 11) is 1.50. The number of nitriles is 1. The van der Waals surface area contributed by atoms with Crippen molar-refractivity contribution < 1.29 is 22.3 Å². The smallest absolute Gasteiger partial charge is 0.425 e. The summed E-state index contributed by atoms with van der Waals surface area (Å²) in [6, 6.07) is 3.18. The van der Waals surface area contributed by atoms with Crippen molar-refractivity contribution in [3.05, 3.63) is 28.5 Å². The maximum absolute atomic E-state index is 13.1. The molecule has 0 heterocycles. The molecular formula is C12H12Cl2F4N2O. The van der Waals surface area contributed by atoms with E-state index >= 15 is 0 Å². The Labute approximate surface area is 130 Å². The predicted molar refractivity (Wildman–Crippen MR) is 72.4 cm³/mol. The number of hydrogen-bond acceptors (Lipinski definition) is 3. The first kappa shape index (κ1) is 19.8. The molecule has 1 aromatic rings. The van der Waals surface area contributed by atoms with Crippen LogP contribution in [0, 0.1) is 17.1 Å². The maximum Gasteiger partial charge on any atom is 0.425 e. The van der Waals surface area contributed by atoms with Crippen molar-refractivity contribution >= 4 is 24.0 Å². The normalized spacial score (nSPS) is 12.2. The number of hydrogen-bond donors (Lipinski definition) is 1. The van der Waals surface area contributed by atoms with Crippen molar-refractivity contribution in [1.82, 2.24) is 5.32 Å². The molecule has 118 valence electrons. The van der Waals surface area contributed by atoms with Gasteiger partial charge in [-0.3, -0.25) is 0 Å². The van der Waals surface area contributed by atoms with Gasteiger partial charge in [0.2, 0.25) is 0 Å².